The van der Waals surface area contributed by atoms with E-state index < -0.39 is 51.4 Å². The van der Waals surface area contributed by atoms with E-state index in [1.807, 2.05) is 0 Å². The number of hydrogen-bond acceptors (Lipinski definition) is 9. The van der Waals surface area contributed by atoms with Crippen molar-refractivity contribution in [3.63, 3.8) is 0 Å². The summed E-state index contributed by atoms with van der Waals surface area (Å²) >= 11 is 14.5. The first-order valence-electron chi connectivity index (χ1n) is 12.8. The molecule has 44 heavy (non-hydrogen) atoms. The van der Waals surface area contributed by atoms with Gasteiger partial charge in [0.2, 0.25) is 21.8 Å². The number of aromatic nitrogens is 1. The molecule has 2 aliphatic rings. The van der Waals surface area contributed by atoms with E-state index in [9.17, 15) is 27.6 Å². The lowest BCUT2D eigenvalue weighted by Crippen LogP contribution is -2.32. The van der Waals surface area contributed by atoms with E-state index in [0.29, 0.717) is 36.9 Å². The Morgan fingerprint density at radius 1 is 0.977 bits per heavy atom. The number of aromatic amines is 1. The van der Waals surface area contributed by atoms with Gasteiger partial charge >= 0.3 is 4.87 Å². The number of thioether (sulfide) groups is 1. The molecular formula is C28H20Cl2N4O7S3. The molecule has 4 aromatic rings. The largest absolute Gasteiger partial charge is 0.483 e. The number of carbonyl (C=O) groups is 3. The molecule has 0 aliphatic carbocycles. The number of hydrogen-bond donors (Lipinski definition) is 3. The number of nitrogens with one attached hydrogen (secondary N) is 2. The average Bonchev–Trinajstić information content (AvgIpc) is 3.46. The number of thiazole rings is 1. The van der Waals surface area contributed by atoms with Crippen LogP contribution in [0.25, 0.3) is 0 Å². The summed E-state index contributed by atoms with van der Waals surface area (Å²) in [5.74, 6) is -2.93. The highest BCUT2D eigenvalue weighted by Crippen LogP contribution is 2.54. The maximum Gasteiger partial charge on any atom is 0.305 e. The van der Waals surface area contributed by atoms with Crippen LogP contribution in [-0.4, -0.2) is 43.0 Å². The number of sulfonamides is 1. The molecule has 1 saturated heterocycles. The van der Waals surface area contributed by atoms with E-state index in [2.05, 4.69) is 10.3 Å². The van der Waals surface area contributed by atoms with Gasteiger partial charge in [0.1, 0.15) is 11.0 Å². The van der Waals surface area contributed by atoms with Gasteiger partial charge in [0, 0.05) is 32.1 Å². The number of halogens is 2. The first-order chi connectivity index (χ1) is 20.9. The van der Waals surface area contributed by atoms with Gasteiger partial charge in [-0.25, -0.2) is 18.5 Å². The highest BCUT2D eigenvalue weighted by atomic mass is 35.5. The van der Waals surface area contributed by atoms with Crippen LogP contribution in [0.15, 0.2) is 81.4 Å². The normalized spacial score (nSPS) is 19.4. The Morgan fingerprint density at radius 2 is 1.66 bits per heavy atom. The van der Waals surface area contributed by atoms with E-state index in [1.165, 1.54) is 24.3 Å². The molecule has 1 aromatic heterocycles. The summed E-state index contributed by atoms with van der Waals surface area (Å²) < 4.78 is 28.9. The molecule has 6 rings (SSSR count). The number of fused-ring (bicyclic) bond motifs is 2. The summed E-state index contributed by atoms with van der Waals surface area (Å²) in [6.45, 7) is -0.457. The highest BCUT2D eigenvalue weighted by Gasteiger charge is 2.56. The van der Waals surface area contributed by atoms with E-state index in [1.54, 1.807) is 42.5 Å². The van der Waals surface area contributed by atoms with Crippen molar-refractivity contribution in [3.05, 3.63) is 96.9 Å². The van der Waals surface area contributed by atoms with Crippen LogP contribution in [0.2, 0.25) is 10.0 Å². The zero-order chi connectivity index (χ0) is 31.3. The Kier molecular flexibility index (Phi) is 8.07. The second-order valence-electron chi connectivity index (χ2n) is 9.83. The molecular weight excluding hydrogens is 671 g/mol. The number of amides is 3. The molecule has 1 fully saturated rings. The lowest BCUT2D eigenvalue weighted by molar-refractivity contribution is -0.122. The van der Waals surface area contributed by atoms with Gasteiger partial charge in [0.05, 0.1) is 21.5 Å². The Bertz CT molecular complexity index is 1980. The molecule has 3 atom stereocenters. The second-order valence-corrected chi connectivity index (χ2v) is 14.4. The molecule has 0 saturated carbocycles. The fourth-order valence-electron chi connectivity index (χ4n) is 5.16. The zero-order valence-corrected chi connectivity index (χ0v) is 26.1. The lowest BCUT2D eigenvalue weighted by Gasteiger charge is -2.31. The monoisotopic (exact) mass is 690 g/mol. The Balaban J connectivity index is 1.32. The molecule has 0 radical (unpaired) electrons. The van der Waals surface area contributed by atoms with Crippen LogP contribution in [0, 0.1) is 5.92 Å². The average molecular weight is 692 g/mol. The zero-order valence-electron chi connectivity index (χ0n) is 22.2. The second kappa shape index (κ2) is 11.7. The van der Waals surface area contributed by atoms with Crippen molar-refractivity contribution in [2.24, 2.45) is 11.1 Å². The summed E-state index contributed by atoms with van der Waals surface area (Å²) in [5, 5.41) is 8.11. The van der Waals surface area contributed by atoms with Crippen LogP contribution in [-0.2, 0) is 24.4 Å². The van der Waals surface area contributed by atoms with Crippen LogP contribution >= 0.6 is 46.3 Å². The predicted octanol–water partition coefficient (Wildman–Crippen LogP) is 4.20. The molecule has 16 heteroatoms. The first-order valence-corrected chi connectivity index (χ1v) is 16.8. The number of carbonyl (C=O) groups excluding carboxylic acids is 3. The van der Waals surface area contributed by atoms with Gasteiger partial charge in [-0.1, -0.05) is 46.3 Å². The van der Waals surface area contributed by atoms with E-state index in [-0.39, 0.29) is 15.5 Å². The van der Waals surface area contributed by atoms with Crippen molar-refractivity contribution < 1.29 is 27.5 Å². The number of nitrogens with zero attached hydrogens (tertiary/aromatic N) is 1. The molecule has 3 aromatic carbocycles. The number of primary sulfonamides is 1. The molecule has 0 bridgehead atoms. The van der Waals surface area contributed by atoms with Crippen LogP contribution in [0.5, 0.6) is 5.75 Å². The van der Waals surface area contributed by atoms with Gasteiger partial charge in [-0.2, -0.15) is 0 Å². The van der Waals surface area contributed by atoms with Crippen LogP contribution in [0.1, 0.15) is 16.4 Å². The molecule has 3 amide bonds. The number of benzene rings is 3. The number of H-pyrrole nitrogens is 1. The van der Waals surface area contributed by atoms with Gasteiger partial charge in [-0.05, 0) is 66.7 Å². The summed E-state index contributed by atoms with van der Waals surface area (Å²) in [6.07, 6.45) is 0. The van der Waals surface area contributed by atoms with Crippen molar-refractivity contribution >= 4 is 85.4 Å². The van der Waals surface area contributed by atoms with Crippen molar-refractivity contribution in [1.82, 2.24) is 4.98 Å². The fourth-order valence-corrected chi connectivity index (χ4v) is 8.49. The number of anilines is 2. The Morgan fingerprint density at radius 3 is 2.34 bits per heavy atom. The maximum absolute atomic E-state index is 14.0. The number of rotatable bonds is 7. The van der Waals surface area contributed by atoms with Gasteiger partial charge in [-0.15, -0.1) is 0 Å². The topological polar surface area (TPSA) is 169 Å². The van der Waals surface area contributed by atoms with Gasteiger partial charge in [-0.3, -0.25) is 19.2 Å². The van der Waals surface area contributed by atoms with Gasteiger partial charge in [0.25, 0.3) is 5.91 Å². The third-order valence-electron chi connectivity index (χ3n) is 7.04. The van der Waals surface area contributed by atoms with Crippen LogP contribution < -0.4 is 25.0 Å². The Hall–Kier alpha value is -3.66. The summed E-state index contributed by atoms with van der Waals surface area (Å²) in [6, 6.07) is 16.3. The summed E-state index contributed by atoms with van der Waals surface area (Å²) in [5.41, 5.74) is 1.11. The van der Waals surface area contributed by atoms with Gasteiger partial charge < -0.3 is 15.0 Å². The van der Waals surface area contributed by atoms with E-state index >= 15 is 0 Å². The fraction of sp³-hybridized carbons (Fsp3) is 0.143. The third-order valence-corrected chi connectivity index (χ3v) is 10.9. The standard InChI is InChI=1S/C28H20Cl2N4O7S3/c29-13-1-6-16(7-2-13)34-26(36)22-21(23-25(33-28(38)43-23)42-24(22)27(34)37)18-11-14(30)3-10-19(18)41-12-20(35)32-15-4-8-17(9-5-15)44(31,39)40/h1-11,21-22,24H,12H2,(H,32,35)(H,33,38)(H2,31,39,40)/t21-,22?,24?/m1/s1. The highest BCUT2D eigenvalue weighted by molar-refractivity contribution is 8.00. The number of ether oxygens (including phenoxy) is 1. The minimum Gasteiger partial charge on any atom is -0.483 e. The minimum atomic E-state index is -3.89. The van der Waals surface area contributed by atoms with E-state index in [4.69, 9.17) is 33.1 Å². The SMILES string of the molecule is NS(=O)(=O)c1ccc(NC(=O)COc2ccc(Cl)cc2[C@H]2c3sc(=O)[nH]c3SC3C(=O)N(c4ccc(Cl)cc4)C(=O)C32)cc1. The molecule has 2 unspecified atom stereocenters. The maximum atomic E-state index is 14.0. The molecule has 4 N–H and O–H groups in total. The smallest absolute Gasteiger partial charge is 0.305 e. The molecule has 2 aliphatic heterocycles. The first kappa shape index (κ1) is 30.4. The summed E-state index contributed by atoms with van der Waals surface area (Å²) in [4.78, 5) is 56.8. The predicted molar refractivity (Wildman–Crippen MR) is 167 cm³/mol. The van der Waals surface area contributed by atoms with Crippen molar-refractivity contribution in [2.75, 3.05) is 16.8 Å². The third kappa shape index (κ3) is 5.76. The van der Waals surface area contributed by atoms with Crippen molar-refractivity contribution in [1.29, 1.82) is 0 Å². The minimum absolute atomic E-state index is 0.109. The van der Waals surface area contributed by atoms with Gasteiger partial charge in [0.15, 0.2) is 6.61 Å². The number of nitrogens with two attached hydrogens (primary N) is 1. The number of imide groups is 1. The molecule has 226 valence electrons. The molecule has 11 nitrogen and oxygen atoms in total. The van der Waals surface area contributed by atoms with Crippen LogP contribution in [0.4, 0.5) is 11.4 Å². The molecule has 0 spiro atoms. The quantitative estimate of drug-likeness (QED) is 0.242. The Labute approximate surface area is 268 Å². The molecule has 3 heterocycles. The summed E-state index contributed by atoms with van der Waals surface area (Å²) in [7, 11) is -3.89. The van der Waals surface area contributed by atoms with Crippen molar-refractivity contribution in [2.45, 2.75) is 21.1 Å². The lowest BCUT2D eigenvalue weighted by atomic mass is 9.82. The van der Waals surface area contributed by atoms with E-state index in [0.717, 1.165) is 28.0 Å². The van der Waals surface area contributed by atoms with Crippen LogP contribution in [0.3, 0.4) is 0 Å². The van der Waals surface area contributed by atoms with Crippen molar-refractivity contribution in [3.8, 4) is 5.75 Å².